The second-order valence-electron chi connectivity index (χ2n) is 3.81. The van der Waals surface area contributed by atoms with Crippen LogP contribution in [0.25, 0.3) is 6.08 Å². The first-order valence-corrected chi connectivity index (χ1v) is 6.62. The Morgan fingerprint density at radius 1 is 1.11 bits per heavy atom. The molecule has 0 saturated carbocycles. The van der Waals surface area contributed by atoms with Crippen LogP contribution in [0.4, 0.5) is 0 Å². The van der Waals surface area contributed by atoms with E-state index in [-0.39, 0.29) is 0 Å². The van der Waals surface area contributed by atoms with E-state index in [1.165, 1.54) is 11.8 Å². The third-order valence-corrected chi connectivity index (χ3v) is 3.43. The van der Waals surface area contributed by atoms with E-state index in [1.807, 2.05) is 60.7 Å². The summed E-state index contributed by atoms with van der Waals surface area (Å²) >= 11 is 1.46. The van der Waals surface area contributed by atoms with Crippen molar-refractivity contribution in [3.8, 4) is 11.8 Å². The van der Waals surface area contributed by atoms with E-state index >= 15 is 0 Å². The summed E-state index contributed by atoms with van der Waals surface area (Å²) < 4.78 is 5.11. The van der Waals surface area contributed by atoms with Crippen LogP contribution in [0.1, 0.15) is 5.56 Å². The molecule has 2 aromatic carbocycles. The van der Waals surface area contributed by atoms with E-state index in [4.69, 9.17) is 4.74 Å². The van der Waals surface area contributed by atoms with Gasteiger partial charge in [-0.1, -0.05) is 42.1 Å². The van der Waals surface area contributed by atoms with E-state index in [0.717, 1.165) is 16.2 Å². The average Bonchev–Trinajstić information content (AvgIpc) is 2.48. The van der Waals surface area contributed by atoms with Gasteiger partial charge in [0.1, 0.15) is 11.8 Å². The maximum absolute atomic E-state index is 9.19. The van der Waals surface area contributed by atoms with Crippen LogP contribution >= 0.6 is 11.8 Å². The van der Waals surface area contributed by atoms with Crippen molar-refractivity contribution in [2.24, 2.45) is 0 Å². The number of rotatable bonds is 4. The molecule has 19 heavy (non-hydrogen) atoms. The quantitative estimate of drug-likeness (QED) is 0.610. The van der Waals surface area contributed by atoms with Crippen molar-refractivity contribution in [2.75, 3.05) is 7.11 Å². The second kappa shape index (κ2) is 6.67. The van der Waals surface area contributed by atoms with Crippen LogP contribution < -0.4 is 4.74 Å². The van der Waals surface area contributed by atoms with E-state index in [9.17, 15) is 5.26 Å². The summed E-state index contributed by atoms with van der Waals surface area (Å²) in [6, 6.07) is 19.7. The van der Waals surface area contributed by atoms with Crippen molar-refractivity contribution in [1.29, 1.82) is 5.26 Å². The van der Waals surface area contributed by atoms with Gasteiger partial charge in [0.2, 0.25) is 0 Å². The summed E-state index contributed by atoms with van der Waals surface area (Å²) in [7, 11) is 1.64. The lowest BCUT2D eigenvalue weighted by Crippen LogP contribution is -1.82. The third-order valence-electron chi connectivity index (χ3n) is 2.49. The summed E-state index contributed by atoms with van der Waals surface area (Å²) in [5, 5.41) is 9.19. The Balaban J connectivity index is 2.17. The molecule has 0 fully saturated rings. The predicted molar refractivity (Wildman–Crippen MR) is 78.9 cm³/mol. The van der Waals surface area contributed by atoms with Gasteiger partial charge in [0.15, 0.2) is 0 Å². The molecule has 2 rings (SSSR count). The number of nitrogens with zero attached hydrogens (tertiary/aromatic N) is 1. The number of ether oxygens (including phenoxy) is 1. The first-order valence-electron chi connectivity index (χ1n) is 5.80. The topological polar surface area (TPSA) is 33.0 Å². The van der Waals surface area contributed by atoms with Crippen LogP contribution in [0.3, 0.4) is 0 Å². The highest BCUT2D eigenvalue weighted by Crippen LogP contribution is 2.27. The smallest absolute Gasteiger partial charge is 0.118 e. The van der Waals surface area contributed by atoms with Gasteiger partial charge in [-0.15, -0.1) is 0 Å². The van der Waals surface area contributed by atoms with Crippen LogP contribution in [0.2, 0.25) is 0 Å². The zero-order chi connectivity index (χ0) is 13.5. The van der Waals surface area contributed by atoms with Crippen LogP contribution in [0.15, 0.2) is 64.4 Å². The van der Waals surface area contributed by atoms with Gasteiger partial charge in [-0.2, -0.15) is 5.26 Å². The zero-order valence-corrected chi connectivity index (χ0v) is 11.4. The van der Waals surface area contributed by atoms with Crippen molar-refractivity contribution in [3.05, 3.63) is 65.1 Å². The molecule has 0 radical (unpaired) electrons. The normalized spacial score (nSPS) is 10.8. The average molecular weight is 267 g/mol. The predicted octanol–water partition coefficient (Wildman–Crippen LogP) is 4.35. The second-order valence-corrected chi connectivity index (χ2v) is 4.92. The minimum absolute atomic E-state index is 0.663. The van der Waals surface area contributed by atoms with E-state index in [0.29, 0.717) is 4.91 Å². The monoisotopic (exact) mass is 267 g/mol. The Morgan fingerprint density at radius 2 is 1.79 bits per heavy atom. The molecular weight excluding hydrogens is 254 g/mol. The molecule has 0 unspecified atom stereocenters. The number of nitriles is 1. The molecule has 0 aliphatic carbocycles. The maximum atomic E-state index is 9.19. The first kappa shape index (κ1) is 13.3. The van der Waals surface area contributed by atoms with Crippen LogP contribution in [-0.2, 0) is 0 Å². The van der Waals surface area contributed by atoms with Crippen molar-refractivity contribution < 1.29 is 4.74 Å². The van der Waals surface area contributed by atoms with Crippen LogP contribution in [0.5, 0.6) is 5.75 Å². The fraction of sp³-hybridized carbons (Fsp3) is 0.0625. The van der Waals surface area contributed by atoms with Crippen molar-refractivity contribution >= 4 is 17.8 Å². The molecule has 3 heteroatoms. The molecule has 0 spiro atoms. The molecule has 0 aliphatic rings. The highest BCUT2D eigenvalue weighted by molar-refractivity contribution is 8.03. The van der Waals surface area contributed by atoms with Crippen molar-refractivity contribution in [2.45, 2.75) is 4.90 Å². The molecular formula is C16H13NOS. The van der Waals surface area contributed by atoms with Gasteiger partial charge in [0.05, 0.1) is 12.0 Å². The minimum Gasteiger partial charge on any atom is -0.497 e. The fourth-order valence-electron chi connectivity index (χ4n) is 1.55. The molecule has 0 aliphatic heterocycles. The standard InChI is InChI=1S/C16H13NOS/c1-18-14-9-7-13(8-10-14)11-16(12-17)19-15-5-3-2-4-6-15/h2-11H,1H3/b16-11-. The Kier molecular flexibility index (Phi) is 4.66. The molecule has 0 aromatic heterocycles. The summed E-state index contributed by atoms with van der Waals surface area (Å²) in [4.78, 5) is 1.72. The lowest BCUT2D eigenvalue weighted by Gasteiger charge is -2.01. The molecule has 0 bridgehead atoms. The van der Waals surface area contributed by atoms with Gasteiger partial charge >= 0.3 is 0 Å². The molecule has 0 atom stereocenters. The molecule has 0 amide bonds. The van der Waals surface area contributed by atoms with Crippen molar-refractivity contribution in [1.82, 2.24) is 0 Å². The summed E-state index contributed by atoms with van der Waals surface area (Å²) in [6.45, 7) is 0. The third kappa shape index (κ3) is 3.90. The summed E-state index contributed by atoms with van der Waals surface area (Å²) in [5.74, 6) is 0.811. The summed E-state index contributed by atoms with van der Waals surface area (Å²) in [5.41, 5.74) is 0.987. The maximum Gasteiger partial charge on any atom is 0.118 e. The number of hydrogen-bond acceptors (Lipinski definition) is 3. The lowest BCUT2D eigenvalue weighted by molar-refractivity contribution is 0.415. The van der Waals surface area contributed by atoms with Gasteiger partial charge in [-0.3, -0.25) is 0 Å². The van der Waals surface area contributed by atoms with Gasteiger partial charge in [-0.25, -0.2) is 0 Å². The highest BCUT2D eigenvalue weighted by Gasteiger charge is 2.00. The van der Waals surface area contributed by atoms with Crippen molar-refractivity contribution in [3.63, 3.8) is 0 Å². The van der Waals surface area contributed by atoms with Crippen LogP contribution in [-0.4, -0.2) is 7.11 Å². The molecule has 94 valence electrons. The SMILES string of the molecule is COc1ccc(/C=C(/C#N)Sc2ccccc2)cc1. The minimum atomic E-state index is 0.663. The molecule has 0 saturated heterocycles. The highest BCUT2D eigenvalue weighted by atomic mass is 32.2. The molecule has 0 heterocycles. The molecule has 2 nitrogen and oxygen atoms in total. The Morgan fingerprint density at radius 3 is 2.37 bits per heavy atom. The number of hydrogen-bond donors (Lipinski definition) is 0. The van der Waals surface area contributed by atoms with Gasteiger partial charge < -0.3 is 4.74 Å². The molecule has 2 aromatic rings. The Bertz CT molecular complexity index is 597. The van der Waals surface area contributed by atoms with E-state index in [2.05, 4.69) is 6.07 Å². The largest absolute Gasteiger partial charge is 0.497 e. The van der Waals surface area contributed by atoms with E-state index < -0.39 is 0 Å². The van der Waals surface area contributed by atoms with Crippen LogP contribution in [0, 0.1) is 11.3 Å². The molecule has 0 N–H and O–H groups in total. The number of benzene rings is 2. The Labute approximate surface area is 117 Å². The Hall–Kier alpha value is -2.18. The fourth-order valence-corrected chi connectivity index (χ4v) is 2.34. The first-order chi connectivity index (χ1) is 9.31. The zero-order valence-electron chi connectivity index (χ0n) is 10.5. The summed E-state index contributed by atoms with van der Waals surface area (Å²) in [6.07, 6.45) is 1.87. The van der Waals surface area contributed by atoms with Gasteiger partial charge in [0, 0.05) is 4.90 Å². The van der Waals surface area contributed by atoms with Gasteiger partial charge in [0.25, 0.3) is 0 Å². The number of thioether (sulfide) groups is 1. The number of methoxy groups -OCH3 is 1. The van der Waals surface area contributed by atoms with E-state index in [1.54, 1.807) is 7.11 Å². The number of allylic oxidation sites excluding steroid dienone is 1. The van der Waals surface area contributed by atoms with Gasteiger partial charge in [-0.05, 0) is 35.9 Å². The lowest BCUT2D eigenvalue weighted by atomic mass is 10.2.